The lowest BCUT2D eigenvalue weighted by Gasteiger charge is -2.43. The maximum atomic E-state index is 14.0. The van der Waals surface area contributed by atoms with Crippen LogP contribution in [0.1, 0.15) is 70.1 Å². The summed E-state index contributed by atoms with van der Waals surface area (Å²) in [6.07, 6.45) is 6.15. The smallest absolute Gasteiger partial charge is 0.408 e. The fourth-order valence-corrected chi connectivity index (χ4v) is 5.31. The van der Waals surface area contributed by atoms with Gasteiger partial charge in [0.2, 0.25) is 5.43 Å². The van der Waals surface area contributed by atoms with Gasteiger partial charge in [-0.15, -0.1) is 0 Å². The molecular formula is C32H32N2O4. The van der Waals surface area contributed by atoms with Crippen LogP contribution in [0.5, 0.6) is 0 Å². The number of aromatic nitrogens is 1. The van der Waals surface area contributed by atoms with Crippen molar-refractivity contribution in [1.29, 1.82) is 0 Å². The second-order valence-electron chi connectivity index (χ2n) is 11.5. The lowest BCUT2D eigenvalue weighted by molar-refractivity contribution is 0.0377. The molecule has 38 heavy (non-hydrogen) atoms. The van der Waals surface area contributed by atoms with Gasteiger partial charge in [-0.05, 0) is 70.1 Å². The average molecular weight is 509 g/mol. The van der Waals surface area contributed by atoms with Crippen molar-refractivity contribution in [2.75, 3.05) is 0 Å². The van der Waals surface area contributed by atoms with Crippen molar-refractivity contribution in [3.05, 3.63) is 88.3 Å². The van der Waals surface area contributed by atoms with E-state index in [1.165, 1.54) is 0 Å². The summed E-state index contributed by atoms with van der Waals surface area (Å²) < 4.78 is 12.1. The fourth-order valence-electron chi connectivity index (χ4n) is 5.31. The molecule has 0 atom stereocenters. The largest absolute Gasteiger partial charge is 0.453 e. The van der Waals surface area contributed by atoms with Gasteiger partial charge in [-0.2, -0.15) is 0 Å². The molecular weight excluding hydrogens is 476 g/mol. The van der Waals surface area contributed by atoms with Crippen molar-refractivity contribution >= 4 is 17.1 Å². The number of fused-ring (bicyclic) bond motifs is 1. The van der Waals surface area contributed by atoms with E-state index in [-0.39, 0.29) is 5.43 Å². The van der Waals surface area contributed by atoms with Gasteiger partial charge in [-0.1, -0.05) is 54.6 Å². The Morgan fingerprint density at radius 3 is 2.32 bits per heavy atom. The van der Waals surface area contributed by atoms with E-state index in [9.17, 15) is 9.59 Å². The van der Waals surface area contributed by atoms with Crippen molar-refractivity contribution in [1.82, 2.24) is 10.3 Å². The monoisotopic (exact) mass is 508 g/mol. The molecule has 2 aromatic carbocycles. The van der Waals surface area contributed by atoms with Crippen molar-refractivity contribution in [3.63, 3.8) is 0 Å². The molecule has 2 heterocycles. The number of benzene rings is 2. The van der Waals surface area contributed by atoms with E-state index in [1.807, 2.05) is 75.4 Å². The second kappa shape index (κ2) is 9.12. The summed E-state index contributed by atoms with van der Waals surface area (Å²) >= 11 is 0. The second-order valence-corrected chi connectivity index (χ2v) is 11.5. The van der Waals surface area contributed by atoms with Gasteiger partial charge < -0.3 is 14.5 Å². The molecule has 0 saturated heterocycles. The first-order chi connectivity index (χ1) is 18.2. The molecule has 1 amide bonds. The number of ether oxygens (including phenoxy) is 1. The van der Waals surface area contributed by atoms with E-state index in [1.54, 1.807) is 12.3 Å². The Hall–Kier alpha value is -3.93. The van der Waals surface area contributed by atoms with Crippen LogP contribution in [0.3, 0.4) is 0 Å². The van der Waals surface area contributed by atoms with Crippen LogP contribution in [-0.2, 0) is 10.3 Å². The first-order valence-corrected chi connectivity index (χ1v) is 13.4. The minimum absolute atomic E-state index is 0.0626. The van der Waals surface area contributed by atoms with E-state index < -0.39 is 17.2 Å². The number of alkyl carbamates (subject to hydrolysis) is 1. The number of rotatable bonds is 5. The van der Waals surface area contributed by atoms with Crippen molar-refractivity contribution < 1.29 is 13.9 Å². The maximum Gasteiger partial charge on any atom is 0.408 e. The van der Waals surface area contributed by atoms with Gasteiger partial charge in [0.1, 0.15) is 11.4 Å². The number of pyridine rings is 1. The Kier molecular flexibility index (Phi) is 5.86. The number of carbonyl (C=O) groups excluding carboxylic acids is 1. The zero-order valence-corrected chi connectivity index (χ0v) is 22.0. The maximum absolute atomic E-state index is 14.0. The molecule has 6 rings (SSSR count). The predicted octanol–water partition coefficient (Wildman–Crippen LogP) is 7.30. The Balaban J connectivity index is 1.43. The van der Waals surface area contributed by atoms with Gasteiger partial charge in [0.05, 0.1) is 22.2 Å². The molecule has 2 saturated carbocycles. The molecule has 0 unspecified atom stereocenters. The van der Waals surface area contributed by atoms with Crippen LogP contribution in [0.15, 0.2) is 76.1 Å². The van der Waals surface area contributed by atoms with Crippen molar-refractivity contribution in [2.45, 2.75) is 69.9 Å². The van der Waals surface area contributed by atoms with E-state index in [0.29, 0.717) is 28.2 Å². The highest BCUT2D eigenvalue weighted by Crippen LogP contribution is 2.44. The zero-order valence-electron chi connectivity index (χ0n) is 22.0. The SMILES string of the molecule is CC(C)(C)OC(=O)NC1(c2ccc(-c3c(-c4ccccc4)oc4c(C5CC5)nccc4c3=O)cc2)CCC1. The van der Waals surface area contributed by atoms with Crippen molar-refractivity contribution in [3.8, 4) is 22.5 Å². The minimum Gasteiger partial charge on any atom is -0.453 e. The van der Waals surface area contributed by atoms with Crippen LogP contribution in [0.25, 0.3) is 33.4 Å². The normalized spacial score (nSPS) is 16.6. The predicted molar refractivity (Wildman–Crippen MR) is 148 cm³/mol. The summed E-state index contributed by atoms with van der Waals surface area (Å²) in [5.41, 5.74) is 3.54. The third-order valence-electron chi connectivity index (χ3n) is 7.51. The quantitative estimate of drug-likeness (QED) is 0.306. The first kappa shape index (κ1) is 24.4. The molecule has 0 bridgehead atoms. The molecule has 0 aliphatic heterocycles. The van der Waals surface area contributed by atoms with E-state index in [0.717, 1.165) is 54.5 Å². The molecule has 2 fully saturated rings. The van der Waals surface area contributed by atoms with Gasteiger partial charge in [-0.25, -0.2) is 4.79 Å². The van der Waals surface area contributed by atoms with Gasteiger partial charge in [0, 0.05) is 17.7 Å². The van der Waals surface area contributed by atoms with Gasteiger partial charge in [0.15, 0.2) is 5.58 Å². The third kappa shape index (κ3) is 4.49. The number of nitrogens with zero attached hydrogens (tertiary/aromatic N) is 1. The molecule has 4 aromatic rings. The topological polar surface area (TPSA) is 81.4 Å². The molecule has 1 N–H and O–H groups in total. The zero-order chi connectivity index (χ0) is 26.5. The summed E-state index contributed by atoms with van der Waals surface area (Å²) in [7, 11) is 0. The van der Waals surface area contributed by atoms with Gasteiger partial charge >= 0.3 is 6.09 Å². The fraction of sp³-hybridized carbons (Fsp3) is 0.344. The molecule has 6 nitrogen and oxygen atoms in total. The highest BCUT2D eigenvalue weighted by Gasteiger charge is 2.41. The molecule has 6 heteroatoms. The highest BCUT2D eigenvalue weighted by atomic mass is 16.6. The summed E-state index contributed by atoms with van der Waals surface area (Å²) in [4.78, 5) is 31.1. The van der Waals surface area contributed by atoms with Crippen LogP contribution >= 0.6 is 0 Å². The molecule has 2 aliphatic carbocycles. The van der Waals surface area contributed by atoms with Crippen molar-refractivity contribution in [2.24, 2.45) is 0 Å². The minimum atomic E-state index is -0.564. The Labute approximate surface area is 222 Å². The Bertz CT molecular complexity index is 1560. The highest BCUT2D eigenvalue weighted by molar-refractivity contribution is 5.90. The summed E-state index contributed by atoms with van der Waals surface area (Å²) in [5.74, 6) is 0.905. The Morgan fingerprint density at radius 2 is 1.71 bits per heavy atom. The molecule has 194 valence electrons. The van der Waals surface area contributed by atoms with Crippen LogP contribution in [0, 0.1) is 0 Å². The van der Waals surface area contributed by atoms with Crippen LogP contribution < -0.4 is 10.7 Å². The standard InChI is InChI=1S/C32H32N2O4/c1-31(2,3)38-30(36)34-32(17-7-18-32)23-14-12-20(13-15-23)25-27(35)24-16-19-33-26(21-10-11-21)29(24)37-28(25)22-8-5-4-6-9-22/h4-6,8-9,12-16,19,21H,7,10-11,17-18H2,1-3H3,(H,34,36). The summed E-state index contributed by atoms with van der Waals surface area (Å²) in [6, 6.07) is 19.4. The van der Waals surface area contributed by atoms with Gasteiger partial charge in [0.25, 0.3) is 0 Å². The van der Waals surface area contributed by atoms with E-state index in [2.05, 4.69) is 10.3 Å². The van der Waals surface area contributed by atoms with Crippen LogP contribution in [0.2, 0.25) is 0 Å². The number of amides is 1. The number of hydrogen-bond donors (Lipinski definition) is 1. The van der Waals surface area contributed by atoms with Gasteiger partial charge in [-0.3, -0.25) is 9.78 Å². The lowest BCUT2D eigenvalue weighted by Crippen LogP contribution is -2.52. The number of nitrogens with one attached hydrogen (secondary N) is 1. The lowest BCUT2D eigenvalue weighted by atomic mass is 9.71. The molecule has 0 radical (unpaired) electrons. The first-order valence-electron chi connectivity index (χ1n) is 13.4. The average Bonchev–Trinajstić information content (AvgIpc) is 3.71. The summed E-state index contributed by atoms with van der Waals surface area (Å²) in [6.45, 7) is 5.58. The van der Waals surface area contributed by atoms with Crippen LogP contribution in [-0.4, -0.2) is 16.7 Å². The summed E-state index contributed by atoms with van der Waals surface area (Å²) in [5, 5.41) is 3.67. The van der Waals surface area contributed by atoms with Crippen LogP contribution in [0.4, 0.5) is 4.79 Å². The number of hydrogen-bond acceptors (Lipinski definition) is 5. The number of carbonyl (C=O) groups is 1. The third-order valence-corrected chi connectivity index (χ3v) is 7.51. The molecule has 0 spiro atoms. The van der Waals surface area contributed by atoms with E-state index >= 15 is 0 Å². The molecule has 2 aromatic heterocycles. The molecule has 2 aliphatic rings. The Morgan fingerprint density at radius 1 is 1.00 bits per heavy atom. The van der Waals surface area contributed by atoms with E-state index in [4.69, 9.17) is 9.15 Å².